The van der Waals surface area contributed by atoms with Crippen molar-refractivity contribution in [2.45, 2.75) is 26.0 Å². The number of aryl methyl sites for hydroxylation is 1. The highest BCUT2D eigenvalue weighted by Gasteiger charge is 2.22. The van der Waals surface area contributed by atoms with Crippen LogP contribution in [0.5, 0.6) is 0 Å². The second-order valence-electron chi connectivity index (χ2n) is 4.05. The van der Waals surface area contributed by atoms with Gasteiger partial charge >= 0.3 is 0 Å². The van der Waals surface area contributed by atoms with Crippen molar-refractivity contribution in [2.75, 3.05) is 0 Å². The van der Waals surface area contributed by atoms with Crippen LogP contribution in [0.25, 0.3) is 0 Å². The van der Waals surface area contributed by atoms with E-state index in [0.717, 1.165) is 18.6 Å². The van der Waals surface area contributed by atoms with Crippen LogP contribution in [-0.2, 0) is 6.54 Å². The number of nitrogens with zero attached hydrogens (tertiary/aromatic N) is 2. The van der Waals surface area contributed by atoms with Gasteiger partial charge in [0.15, 0.2) is 0 Å². The summed E-state index contributed by atoms with van der Waals surface area (Å²) in [5.74, 6) is -1.52. The monoisotopic (exact) mass is 252 g/mol. The third-order valence-electron chi connectivity index (χ3n) is 2.76. The van der Waals surface area contributed by atoms with Gasteiger partial charge in [-0.3, -0.25) is 0 Å². The van der Waals surface area contributed by atoms with Crippen LogP contribution in [0.2, 0.25) is 0 Å². The van der Waals surface area contributed by atoms with Crippen LogP contribution < -0.4 is 0 Å². The van der Waals surface area contributed by atoms with E-state index in [2.05, 4.69) is 4.98 Å². The van der Waals surface area contributed by atoms with Crippen LogP contribution in [0.15, 0.2) is 30.7 Å². The molecule has 1 N–H and O–H groups in total. The summed E-state index contributed by atoms with van der Waals surface area (Å²) in [5.41, 5.74) is 0.0520. The summed E-state index contributed by atoms with van der Waals surface area (Å²) in [4.78, 5) is 3.90. The minimum atomic E-state index is -1.35. The molecule has 0 fully saturated rings. The van der Waals surface area contributed by atoms with Crippen LogP contribution >= 0.6 is 0 Å². The largest absolute Gasteiger partial charge is 0.382 e. The lowest BCUT2D eigenvalue weighted by molar-refractivity contribution is 0.199. The van der Waals surface area contributed by atoms with Crippen molar-refractivity contribution in [1.82, 2.24) is 9.55 Å². The number of rotatable bonds is 4. The molecule has 0 bridgehead atoms. The first-order chi connectivity index (χ1) is 8.65. The molecule has 0 radical (unpaired) electrons. The Kier molecular flexibility index (Phi) is 3.72. The molecule has 96 valence electrons. The summed E-state index contributed by atoms with van der Waals surface area (Å²) in [5, 5.41) is 10.1. The molecule has 1 aromatic heterocycles. The van der Waals surface area contributed by atoms with E-state index in [0.29, 0.717) is 12.2 Å². The first-order valence-corrected chi connectivity index (χ1v) is 5.77. The zero-order chi connectivity index (χ0) is 13.1. The summed E-state index contributed by atoms with van der Waals surface area (Å²) in [6.45, 7) is 2.61. The Labute approximate surface area is 104 Å². The predicted molar refractivity (Wildman–Crippen MR) is 62.9 cm³/mol. The molecule has 0 aliphatic rings. The first-order valence-electron chi connectivity index (χ1n) is 5.77. The number of hydrogen-bond acceptors (Lipinski definition) is 2. The van der Waals surface area contributed by atoms with Gasteiger partial charge in [-0.1, -0.05) is 13.0 Å². The van der Waals surface area contributed by atoms with Crippen molar-refractivity contribution >= 4 is 0 Å². The zero-order valence-electron chi connectivity index (χ0n) is 9.98. The molecular weight excluding hydrogens is 238 g/mol. The van der Waals surface area contributed by atoms with Crippen molar-refractivity contribution in [2.24, 2.45) is 0 Å². The van der Waals surface area contributed by atoms with Gasteiger partial charge in [0.2, 0.25) is 0 Å². The van der Waals surface area contributed by atoms with Gasteiger partial charge in [0.1, 0.15) is 17.7 Å². The van der Waals surface area contributed by atoms with E-state index in [9.17, 15) is 13.9 Å². The molecule has 0 aliphatic heterocycles. The van der Waals surface area contributed by atoms with Crippen LogP contribution in [0, 0.1) is 11.6 Å². The van der Waals surface area contributed by atoms with Gasteiger partial charge in [0.25, 0.3) is 0 Å². The highest BCUT2D eigenvalue weighted by Crippen LogP contribution is 2.26. The molecule has 0 spiro atoms. The maximum Gasteiger partial charge on any atom is 0.132 e. The number of imidazole rings is 1. The van der Waals surface area contributed by atoms with E-state index in [1.54, 1.807) is 10.9 Å². The Balaban J connectivity index is 2.41. The average Bonchev–Trinajstić information content (AvgIpc) is 2.77. The van der Waals surface area contributed by atoms with Gasteiger partial charge in [-0.15, -0.1) is 0 Å². The van der Waals surface area contributed by atoms with Gasteiger partial charge in [0, 0.05) is 6.54 Å². The number of aliphatic hydroxyl groups is 1. The predicted octanol–water partition coefficient (Wildman–Crippen LogP) is 2.65. The first kappa shape index (κ1) is 12.7. The Morgan fingerprint density at radius 2 is 2.00 bits per heavy atom. The molecule has 1 atom stereocenters. The van der Waals surface area contributed by atoms with Crippen molar-refractivity contribution in [3.63, 3.8) is 0 Å². The van der Waals surface area contributed by atoms with E-state index in [4.69, 9.17) is 0 Å². The maximum atomic E-state index is 13.6. The maximum absolute atomic E-state index is 13.6. The lowest BCUT2D eigenvalue weighted by Gasteiger charge is -2.15. The van der Waals surface area contributed by atoms with E-state index >= 15 is 0 Å². The van der Waals surface area contributed by atoms with E-state index < -0.39 is 17.7 Å². The number of benzene rings is 1. The molecule has 1 unspecified atom stereocenters. The van der Waals surface area contributed by atoms with Crippen molar-refractivity contribution in [3.05, 3.63) is 53.6 Å². The van der Waals surface area contributed by atoms with Crippen LogP contribution in [0.4, 0.5) is 8.78 Å². The van der Waals surface area contributed by atoms with Gasteiger partial charge in [-0.05, 0) is 18.6 Å². The average molecular weight is 252 g/mol. The molecule has 5 heteroatoms. The normalized spacial score (nSPS) is 12.7. The topological polar surface area (TPSA) is 38.0 Å². The Hall–Kier alpha value is -1.75. The van der Waals surface area contributed by atoms with E-state index in [1.165, 1.54) is 12.3 Å². The number of aliphatic hydroxyl groups excluding tert-OH is 1. The number of halogens is 2. The number of hydrogen-bond donors (Lipinski definition) is 1. The van der Waals surface area contributed by atoms with Crippen LogP contribution in [-0.4, -0.2) is 14.7 Å². The summed E-state index contributed by atoms with van der Waals surface area (Å²) in [6.07, 6.45) is 2.46. The highest BCUT2D eigenvalue weighted by molar-refractivity contribution is 5.28. The van der Waals surface area contributed by atoms with Gasteiger partial charge in [-0.2, -0.15) is 0 Å². The van der Waals surface area contributed by atoms with Gasteiger partial charge in [-0.25, -0.2) is 13.8 Å². The summed E-state index contributed by atoms with van der Waals surface area (Å²) in [7, 11) is 0. The SMILES string of the molecule is CCCn1cncc1C(O)c1c(F)cccc1F. The third-order valence-corrected chi connectivity index (χ3v) is 2.76. The third kappa shape index (κ3) is 2.26. The molecule has 1 aromatic carbocycles. The molecule has 1 heterocycles. The molecule has 2 aromatic rings. The molecule has 0 saturated heterocycles. The minimum Gasteiger partial charge on any atom is -0.382 e. The van der Waals surface area contributed by atoms with Crippen molar-refractivity contribution in [3.8, 4) is 0 Å². The molecular formula is C13H14F2N2O. The van der Waals surface area contributed by atoms with Crippen molar-refractivity contribution < 1.29 is 13.9 Å². The quantitative estimate of drug-likeness (QED) is 0.908. The Bertz CT molecular complexity index is 519. The Morgan fingerprint density at radius 1 is 1.33 bits per heavy atom. The molecule has 0 amide bonds. The smallest absolute Gasteiger partial charge is 0.132 e. The van der Waals surface area contributed by atoms with Crippen LogP contribution in [0.3, 0.4) is 0 Å². The standard InChI is InChI=1S/C13H14F2N2O/c1-2-6-17-8-16-7-11(17)13(18)12-9(14)4-3-5-10(12)15/h3-5,7-8,13,18H,2,6H2,1H3. The summed E-state index contributed by atoms with van der Waals surface area (Å²) >= 11 is 0. The molecule has 2 rings (SSSR count). The van der Waals surface area contributed by atoms with Crippen molar-refractivity contribution in [1.29, 1.82) is 0 Å². The van der Waals surface area contributed by atoms with E-state index in [1.807, 2.05) is 6.92 Å². The fraction of sp³-hybridized carbons (Fsp3) is 0.308. The molecule has 0 aliphatic carbocycles. The Morgan fingerprint density at radius 3 is 2.61 bits per heavy atom. The molecule has 18 heavy (non-hydrogen) atoms. The lowest BCUT2D eigenvalue weighted by Crippen LogP contribution is -2.11. The summed E-state index contributed by atoms with van der Waals surface area (Å²) < 4.78 is 28.9. The van der Waals surface area contributed by atoms with Gasteiger partial charge in [0.05, 0.1) is 23.8 Å². The minimum absolute atomic E-state index is 0.338. The fourth-order valence-electron chi connectivity index (χ4n) is 1.91. The summed E-state index contributed by atoms with van der Waals surface area (Å²) in [6, 6.07) is 3.52. The molecule has 3 nitrogen and oxygen atoms in total. The second-order valence-corrected chi connectivity index (χ2v) is 4.05. The van der Waals surface area contributed by atoms with Gasteiger partial charge < -0.3 is 9.67 Å². The zero-order valence-corrected chi connectivity index (χ0v) is 9.98. The lowest BCUT2D eigenvalue weighted by atomic mass is 10.1. The fourth-order valence-corrected chi connectivity index (χ4v) is 1.91. The number of aromatic nitrogens is 2. The van der Waals surface area contributed by atoms with E-state index in [-0.39, 0.29) is 5.56 Å². The molecule has 0 saturated carbocycles. The van der Waals surface area contributed by atoms with Crippen LogP contribution in [0.1, 0.15) is 30.7 Å². The highest BCUT2D eigenvalue weighted by atomic mass is 19.1. The second kappa shape index (κ2) is 5.27.